The van der Waals surface area contributed by atoms with E-state index in [1.807, 2.05) is 13.8 Å². The highest BCUT2D eigenvalue weighted by Crippen LogP contribution is 2.17. The van der Waals surface area contributed by atoms with Crippen LogP contribution in [0.5, 0.6) is 0 Å². The van der Waals surface area contributed by atoms with Gasteiger partial charge in [0, 0.05) is 0 Å². The first kappa shape index (κ1) is 12.3. The number of Topliss-reactive ketones (excluding diaryl/α,β-unsaturated/α-hetero) is 1. The average molecular weight is 184 g/mol. The first-order valence-corrected chi connectivity index (χ1v) is 4.50. The lowest BCUT2D eigenvalue weighted by atomic mass is 9.83. The molecule has 1 unspecified atom stereocenters. The highest BCUT2D eigenvalue weighted by atomic mass is 16.1. The van der Waals surface area contributed by atoms with Gasteiger partial charge in [-0.1, -0.05) is 13.8 Å². The van der Waals surface area contributed by atoms with Crippen LogP contribution in [0.4, 0.5) is 0 Å². The van der Waals surface area contributed by atoms with Crippen LogP contribution < -0.4 is 5.73 Å². The molecule has 1 radical (unpaired) electrons. The Labute approximate surface area is 79.7 Å². The Kier molecular flexibility index (Phi) is 4.27. The molecule has 1 atom stereocenters. The van der Waals surface area contributed by atoms with Gasteiger partial charge in [-0.3, -0.25) is 9.59 Å². The maximum atomic E-state index is 11.5. The minimum absolute atomic E-state index is 0.226. The van der Waals surface area contributed by atoms with Crippen molar-refractivity contribution in [3.63, 3.8) is 0 Å². The summed E-state index contributed by atoms with van der Waals surface area (Å²) in [5.74, 6) is 0.137. The molecule has 3 heteroatoms. The summed E-state index contributed by atoms with van der Waals surface area (Å²) < 4.78 is 0. The van der Waals surface area contributed by atoms with Crippen molar-refractivity contribution in [3.8, 4) is 0 Å². The Morgan fingerprint density at radius 2 is 1.92 bits per heavy atom. The van der Waals surface area contributed by atoms with Crippen molar-refractivity contribution in [2.75, 3.05) is 0 Å². The van der Waals surface area contributed by atoms with E-state index in [0.29, 0.717) is 12.3 Å². The normalized spacial score (nSPS) is 14.3. The second-order valence-electron chi connectivity index (χ2n) is 4.33. The Bertz CT molecular complexity index is 197. The molecule has 0 bridgehead atoms. The smallest absolute Gasteiger partial charge is 0.212 e. The molecule has 0 amide bonds. The summed E-state index contributed by atoms with van der Waals surface area (Å²) in [4.78, 5) is 22.0. The van der Waals surface area contributed by atoms with E-state index >= 15 is 0 Å². The third kappa shape index (κ3) is 3.68. The van der Waals surface area contributed by atoms with Gasteiger partial charge in [-0.05, 0) is 26.2 Å². The molecule has 0 rings (SSSR count). The molecule has 0 aliphatic rings. The molecule has 0 aliphatic carbocycles. The van der Waals surface area contributed by atoms with Gasteiger partial charge in [0.2, 0.25) is 6.29 Å². The van der Waals surface area contributed by atoms with Crippen molar-refractivity contribution < 1.29 is 9.59 Å². The topological polar surface area (TPSA) is 60.2 Å². The van der Waals surface area contributed by atoms with Gasteiger partial charge in [0.1, 0.15) is 0 Å². The van der Waals surface area contributed by atoms with Crippen molar-refractivity contribution in [2.24, 2.45) is 17.1 Å². The highest BCUT2D eigenvalue weighted by Gasteiger charge is 2.32. The van der Waals surface area contributed by atoms with Crippen LogP contribution >= 0.6 is 0 Å². The lowest BCUT2D eigenvalue weighted by Crippen LogP contribution is -2.41. The van der Waals surface area contributed by atoms with Crippen molar-refractivity contribution in [2.45, 2.75) is 40.2 Å². The number of carbonyl (C=O) groups excluding carboxylic acids is 2. The molecule has 13 heavy (non-hydrogen) atoms. The highest BCUT2D eigenvalue weighted by molar-refractivity contribution is 6.00. The fraction of sp³-hybridized carbons (Fsp3) is 0.800. The maximum Gasteiger partial charge on any atom is 0.212 e. The Morgan fingerprint density at radius 3 is 2.23 bits per heavy atom. The van der Waals surface area contributed by atoms with Crippen molar-refractivity contribution in [1.82, 2.24) is 0 Å². The van der Waals surface area contributed by atoms with Crippen molar-refractivity contribution in [3.05, 3.63) is 0 Å². The van der Waals surface area contributed by atoms with Crippen molar-refractivity contribution in [1.29, 1.82) is 0 Å². The van der Waals surface area contributed by atoms with Crippen molar-refractivity contribution >= 4 is 12.1 Å². The van der Waals surface area contributed by atoms with Crippen LogP contribution in [0, 0.1) is 11.3 Å². The Hall–Kier alpha value is -0.700. The Balaban J connectivity index is 4.34. The number of carbonyl (C=O) groups is 1. The zero-order valence-corrected chi connectivity index (χ0v) is 8.76. The van der Waals surface area contributed by atoms with E-state index in [9.17, 15) is 9.59 Å². The molecule has 0 saturated heterocycles. The number of nitrogens with two attached hydrogens (primary N) is 1. The van der Waals surface area contributed by atoms with Crippen LogP contribution in [0.2, 0.25) is 0 Å². The molecule has 75 valence electrons. The number of rotatable bonds is 5. The molecule has 0 aromatic carbocycles. The molecular weight excluding hydrogens is 166 g/mol. The van der Waals surface area contributed by atoms with Crippen LogP contribution in [-0.4, -0.2) is 18.1 Å². The van der Waals surface area contributed by atoms with Gasteiger partial charge < -0.3 is 5.73 Å². The molecule has 2 N–H and O–H groups in total. The molecule has 0 fully saturated rings. The fourth-order valence-electron chi connectivity index (χ4n) is 1.13. The molecule has 0 aliphatic heterocycles. The van der Waals surface area contributed by atoms with Gasteiger partial charge in [0.25, 0.3) is 0 Å². The molecule has 0 aromatic heterocycles. The quantitative estimate of drug-likeness (QED) is 0.650. The molecule has 0 saturated carbocycles. The summed E-state index contributed by atoms with van der Waals surface area (Å²) in [5.41, 5.74) is 4.59. The monoisotopic (exact) mass is 184 g/mol. The molecule has 3 nitrogen and oxygen atoms in total. The average Bonchev–Trinajstić information content (AvgIpc) is 2.01. The lowest BCUT2D eigenvalue weighted by Gasteiger charge is -2.20. The second-order valence-corrected chi connectivity index (χ2v) is 4.33. The lowest BCUT2D eigenvalue weighted by molar-refractivity contribution is -0.125. The molecule has 0 aromatic rings. The first-order valence-electron chi connectivity index (χ1n) is 4.50. The van der Waals surface area contributed by atoms with Gasteiger partial charge >= 0.3 is 0 Å². The van der Waals surface area contributed by atoms with E-state index in [0.717, 1.165) is 0 Å². The van der Waals surface area contributed by atoms with Gasteiger partial charge in [0.15, 0.2) is 5.78 Å². The molecular formula is C10H18NO2. The van der Waals surface area contributed by atoms with E-state index in [4.69, 9.17) is 5.73 Å². The van der Waals surface area contributed by atoms with E-state index < -0.39 is 11.5 Å². The fourth-order valence-corrected chi connectivity index (χ4v) is 1.13. The van der Waals surface area contributed by atoms with Gasteiger partial charge in [-0.15, -0.1) is 0 Å². The van der Waals surface area contributed by atoms with Gasteiger partial charge in [-0.25, -0.2) is 0 Å². The third-order valence-electron chi connectivity index (χ3n) is 1.93. The van der Waals surface area contributed by atoms with Crippen LogP contribution in [0.15, 0.2) is 0 Å². The van der Waals surface area contributed by atoms with E-state index in [-0.39, 0.29) is 5.78 Å². The minimum Gasteiger partial charge on any atom is -0.321 e. The Morgan fingerprint density at radius 1 is 1.46 bits per heavy atom. The zero-order valence-electron chi connectivity index (χ0n) is 8.76. The summed E-state index contributed by atoms with van der Waals surface area (Å²) >= 11 is 0. The summed E-state index contributed by atoms with van der Waals surface area (Å²) in [7, 11) is 0. The second kappa shape index (κ2) is 4.51. The standard InChI is InChI=1S/C10H18NO2/c1-7(2)5-8(11)9(13)10(3,4)6-12/h7-8H,5,11H2,1-4H3. The summed E-state index contributed by atoms with van der Waals surface area (Å²) in [6.45, 7) is 7.07. The zero-order chi connectivity index (χ0) is 10.6. The molecule has 0 heterocycles. The predicted octanol–water partition coefficient (Wildman–Crippen LogP) is 1.06. The number of hydrogen-bond donors (Lipinski definition) is 1. The van der Waals surface area contributed by atoms with E-state index in [1.54, 1.807) is 20.1 Å². The maximum absolute atomic E-state index is 11.5. The SMILES string of the molecule is CC(C)CC(N)C(=O)C(C)(C)[C]=O. The summed E-state index contributed by atoms with van der Waals surface area (Å²) in [5, 5.41) is 0. The van der Waals surface area contributed by atoms with Crippen LogP contribution in [-0.2, 0) is 9.59 Å². The predicted molar refractivity (Wildman–Crippen MR) is 51.9 cm³/mol. The van der Waals surface area contributed by atoms with Gasteiger partial charge in [0.05, 0.1) is 11.5 Å². The van der Waals surface area contributed by atoms with Crippen LogP contribution in [0.1, 0.15) is 34.1 Å². The first-order chi connectivity index (χ1) is 5.81. The van der Waals surface area contributed by atoms with E-state index in [1.165, 1.54) is 0 Å². The largest absolute Gasteiger partial charge is 0.321 e. The number of ketones is 1. The van der Waals surface area contributed by atoms with Crippen LogP contribution in [0.3, 0.4) is 0 Å². The third-order valence-corrected chi connectivity index (χ3v) is 1.93. The number of hydrogen-bond acceptors (Lipinski definition) is 3. The van der Waals surface area contributed by atoms with E-state index in [2.05, 4.69) is 0 Å². The van der Waals surface area contributed by atoms with Crippen LogP contribution in [0.25, 0.3) is 0 Å². The minimum atomic E-state index is -1.06. The molecule has 0 spiro atoms. The summed E-state index contributed by atoms with van der Waals surface area (Å²) in [6.07, 6.45) is 2.33. The van der Waals surface area contributed by atoms with Gasteiger partial charge in [-0.2, -0.15) is 0 Å². The summed E-state index contributed by atoms with van der Waals surface area (Å²) in [6, 6.07) is -0.545.